The highest BCUT2D eigenvalue weighted by atomic mass is 19.2. The van der Waals surface area contributed by atoms with E-state index in [1.807, 2.05) is 11.5 Å². The van der Waals surface area contributed by atoms with Crippen LogP contribution >= 0.6 is 0 Å². The van der Waals surface area contributed by atoms with E-state index in [1.165, 1.54) is 6.07 Å². The molecule has 0 bridgehead atoms. The van der Waals surface area contributed by atoms with E-state index in [4.69, 9.17) is 5.73 Å². The smallest absolute Gasteiger partial charge is 0.168 e. The van der Waals surface area contributed by atoms with Crippen molar-refractivity contribution in [2.45, 2.75) is 25.4 Å². The number of aromatic nitrogens is 1. The third-order valence-electron chi connectivity index (χ3n) is 3.48. The van der Waals surface area contributed by atoms with Crippen molar-refractivity contribution in [2.24, 2.45) is 5.73 Å². The van der Waals surface area contributed by atoms with Crippen LogP contribution in [0, 0.1) is 11.6 Å². The molecule has 0 aliphatic carbocycles. The summed E-state index contributed by atoms with van der Waals surface area (Å²) in [5.41, 5.74) is 7.56. The molecule has 0 radical (unpaired) electrons. The van der Waals surface area contributed by atoms with Crippen molar-refractivity contribution in [2.75, 3.05) is 0 Å². The number of nitrogens with zero attached hydrogens (tertiary/aromatic N) is 1. The molecule has 3 rings (SSSR count). The van der Waals surface area contributed by atoms with Gasteiger partial charge < -0.3 is 10.3 Å². The van der Waals surface area contributed by atoms with Gasteiger partial charge in [-0.05, 0) is 31.0 Å². The molecule has 2 N–H and O–H groups in total. The van der Waals surface area contributed by atoms with Crippen molar-refractivity contribution < 1.29 is 8.78 Å². The van der Waals surface area contributed by atoms with Crippen molar-refractivity contribution in [3.63, 3.8) is 0 Å². The maximum absolute atomic E-state index is 13.6. The highest BCUT2D eigenvalue weighted by Gasteiger charge is 2.26. The first-order chi connectivity index (χ1) is 7.59. The lowest BCUT2D eigenvalue weighted by atomic mass is 9.95. The number of hydrogen-bond donors (Lipinski definition) is 1. The Morgan fingerprint density at radius 2 is 2.19 bits per heavy atom. The molecule has 0 saturated carbocycles. The van der Waals surface area contributed by atoms with Crippen LogP contribution in [0.5, 0.6) is 0 Å². The highest BCUT2D eigenvalue weighted by Crippen LogP contribution is 2.33. The zero-order chi connectivity index (χ0) is 11.4. The Labute approximate surface area is 91.7 Å². The zero-order valence-corrected chi connectivity index (χ0v) is 8.87. The van der Waals surface area contributed by atoms with Gasteiger partial charge in [0.2, 0.25) is 0 Å². The van der Waals surface area contributed by atoms with Gasteiger partial charge in [0.15, 0.2) is 11.6 Å². The molecule has 1 aromatic heterocycles. The maximum atomic E-state index is 13.6. The molecule has 2 aromatic rings. The van der Waals surface area contributed by atoms with Crippen LogP contribution in [0.1, 0.15) is 18.5 Å². The quantitative estimate of drug-likeness (QED) is 0.728. The van der Waals surface area contributed by atoms with E-state index < -0.39 is 11.6 Å². The van der Waals surface area contributed by atoms with Gasteiger partial charge in [0.05, 0.1) is 5.52 Å². The molecule has 84 valence electrons. The summed E-state index contributed by atoms with van der Waals surface area (Å²) in [4.78, 5) is 0. The lowest BCUT2D eigenvalue weighted by Crippen LogP contribution is -2.35. The minimum atomic E-state index is -0.790. The van der Waals surface area contributed by atoms with Crippen LogP contribution in [0.2, 0.25) is 0 Å². The summed E-state index contributed by atoms with van der Waals surface area (Å²) in [5.74, 6) is -1.55. The second kappa shape index (κ2) is 3.04. The molecule has 0 spiro atoms. The predicted octanol–water partition coefficient (Wildman–Crippen LogP) is 2.36. The first-order valence-electron chi connectivity index (χ1n) is 5.32. The first-order valence-corrected chi connectivity index (χ1v) is 5.32. The summed E-state index contributed by atoms with van der Waals surface area (Å²) in [5, 5.41) is 0.355. The molecule has 0 fully saturated rings. The normalized spacial score (nSPS) is 24.0. The van der Waals surface area contributed by atoms with Gasteiger partial charge in [-0.2, -0.15) is 0 Å². The van der Waals surface area contributed by atoms with Gasteiger partial charge in [-0.1, -0.05) is 0 Å². The fourth-order valence-electron chi connectivity index (χ4n) is 2.50. The highest BCUT2D eigenvalue weighted by molar-refractivity contribution is 5.85. The molecule has 0 unspecified atom stereocenters. The van der Waals surface area contributed by atoms with Gasteiger partial charge in [-0.3, -0.25) is 0 Å². The summed E-state index contributed by atoms with van der Waals surface area (Å²) in [7, 11) is 0. The summed E-state index contributed by atoms with van der Waals surface area (Å²) < 4.78 is 28.8. The van der Waals surface area contributed by atoms with Gasteiger partial charge in [0.25, 0.3) is 0 Å². The third kappa shape index (κ3) is 1.08. The molecular formula is C12H12F2N2. The van der Waals surface area contributed by atoms with Crippen molar-refractivity contribution >= 4 is 10.9 Å². The summed E-state index contributed by atoms with van der Waals surface area (Å²) >= 11 is 0. The Kier molecular flexibility index (Phi) is 1.86. The molecule has 2 heterocycles. The molecule has 0 amide bonds. The first kappa shape index (κ1) is 9.78. The van der Waals surface area contributed by atoms with Gasteiger partial charge in [-0.25, -0.2) is 8.78 Å². The lowest BCUT2D eigenvalue weighted by molar-refractivity contribution is 0.430. The third-order valence-corrected chi connectivity index (χ3v) is 3.48. The van der Waals surface area contributed by atoms with Crippen molar-refractivity contribution in [3.05, 3.63) is 35.5 Å². The SMILES string of the molecule is C[C@@H]1[C@H](N)Cc2cc(F)c(F)c3ccn1c23. The van der Waals surface area contributed by atoms with Crippen LogP contribution in [0.3, 0.4) is 0 Å². The van der Waals surface area contributed by atoms with Crippen LogP contribution in [-0.4, -0.2) is 10.6 Å². The Morgan fingerprint density at radius 1 is 1.44 bits per heavy atom. The van der Waals surface area contributed by atoms with Crippen LogP contribution < -0.4 is 5.73 Å². The van der Waals surface area contributed by atoms with E-state index in [9.17, 15) is 8.78 Å². The fourth-order valence-corrected chi connectivity index (χ4v) is 2.50. The standard InChI is InChI=1S/C12H12F2N2/c1-6-10(15)5-7-4-9(13)11(14)8-2-3-16(6)12(7)8/h2-4,6,10H,5,15H2,1H3/t6-,10-/m1/s1. The maximum Gasteiger partial charge on any atom is 0.168 e. The van der Waals surface area contributed by atoms with Gasteiger partial charge in [-0.15, -0.1) is 0 Å². The lowest BCUT2D eigenvalue weighted by Gasteiger charge is -2.28. The second-order valence-corrected chi connectivity index (χ2v) is 4.43. The van der Waals surface area contributed by atoms with E-state index in [1.54, 1.807) is 12.3 Å². The van der Waals surface area contributed by atoms with Crippen LogP contribution in [0.4, 0.5) is 8.78 Å². The van der Waals surface area contributed by atoms with Crippen molar-refractivity contribution in [3.8, 4) is 0 Å². The van der Waals surface area contributed by atoms with E-state index in [2.05, 4.69) is 0 Å². The van der Waals surface area contributed by atoms with Crippen LogP contribution in [0.15, 0.2) is 18.3 Å². The number of rotatable bonds is 0. The molecular weight excluding hydrogens is 210 g/mol. The Hall–Kier alpha value is -1.42. The Balaban J connectivity index is 2.42. The number of benzene rings is 1. The minimum absolute atomic E-state index is 0.0482. The summed E-state index contributed by atoms with van der Waals surface area (Å²) in [6, 6.07) is 2.95. The average Bonchev–Trinajstić information content (AvgIpc) is 2.68. The van der Waals surface area contributed by atoms with E-state index >= 15 is 0 Å². The van der Waals surface area contributed by atoms with E-state index in [-0.39, 0.29) is 12.1 Å². The molecule has 4 heteroatoms. The monoisotopic (exact) mass is 222 g/mol. The number of hydrogen-bond acceptors (Lipinski definition) is 1. The van der Waals surface area contributed by atoms with Crippen LogP contribution in [-0.2, 0) is 6.42 Å². The molecule has 16 heavy (non-hydrogen) atoms. The number of nitrogens with two attached hydrogens (primary N) is 1. The Morgan fingerprint density at radius 3 is 2.94 bits per heavy atom. The second-order valence-electron chi connectivity index (χ2n) is 4.43. The van der Waals surface area contributed by atoms with E-state index in [0.717, 1.165) is 11.1 Å². The Bertz CT molecular complexity index is 574. The predicted molar refractivity (Wildman–Crippen MR) is 58.2 cm³/mol. The van der Waals surface area contributed by atoms with Gasteiger partial charge >= 0.3 is 0 Å². The van der Waals surface area contributed by atoms with Crippen molar-refractivity contribution in [1.29, 1.82) is 0 Å². The zero-order valence-electron chi connectivity index (χ0n) is 8.87. The molecule has 1 aliphatic heterocycles. The summed E-state index contributed by atoms with van der Waals surface area (Å²) in [6.07, 6.45) is 2.37. The number of halogens is 2. The summed E-state index contributed by atoms with van der Waals surface area (Å²) in [6.45, 7) is 1.99. The molecule has 2 atom stereocenters. The molecule has 1 aliphatic rings. The molecule has 2 nitrogen and oxygen atoms in total. The van der Waals surface area contributed by atoms with Crippen molar-refractivity contribution in [1.82, 2.24) is 4.57 Å². The van der Waals surface area contributed by atoms with Gasteiger partial charge in [0, 0.05) is 23.7 Å². The average molecular weight is 222 g/mol. The molecule has 1 aromatic carbocycles. The fraction of sp³-hybridized carbons (Fsp3) is 0.333. The minimum Gasteiger partial charge on any atom is -0.343 e. The van der Waals surface area contributed by atoms with Crippen LogP contribution in [0.25, 0.3) is 10.9 Å². The molecule has 0 saturated heterocycles. The topological polar surface area (TPSA) is 30.9 Å². The van der Waals surface area contributed by atoms with E-state index in [0.29, 0.717) is 11.8 Å². The largest absolute Gasteiger partial charge is 0.343 e. The van der Waals surface area contributed by atoms with Gasteiger partial charge in [0.1, 0.15) is 0 Å².